The fourth-order valence-corrected chi connectivity index (χ4v) is 6.09. The van der Waals surface area contributed by atoms with Gasteiger partial charge in [0.25, 0.3) is 0 Å². The lowest BCUT2D eigenvalue weighted by atomic mass is 9.80. The quantitative estimate of drug-likeness (QED) is 0.632. The van der Waals surface area contributed by atoms with Crippen LogP contribution in [-0.4, -0.2) is 3.23 Å². The van der Waals surface area contributed by atoms with Crippen LogP contribution in [0.2, 0.25) is 0 Å². The van der Waals surface area contributed by atoms with E-state index in [1.165, 1.54) is 25.7 Å². The molecule has 2 heteroatoms. The van der Waals surface area contributed by atoms with E-state index in [0.717, 1.165) is 11.8 Å². The molecule has 0 saturated heterocycles. The van der Waals surface area contributed by atoms with Gasteiger partial charge in [0.1, 0.15) is 0 Å². The third kappa shape index (κ3) is 0.943. The minimum atomic E-state index is 0.289. The summed E-state index contributed by atoms with van der Waals surface area (Å²) in [6, 6.07) is 0. The van der Waals surface area contributed by atoms with Gasteiger partial charge in [-0.3, -0.25) is 0 Å². The molecule has 70 valence electrons. The summed E-state index contributed by atoms with van der Waals surface area (Å²) in [5.41, 5.74) is 0.575. The maximum Gasteiger partial charge on any atom is 0.0901 e. The first-order valence-electron chi connectivity index (χ1n) is 4.91. The van der Waals surface area contributed by atoms with Crippen LogP contribution in [-0.2, 0) is 0 Å². The molecule has 0 unspecified atom stereocenters. The lowest BCUT2D eigenvalue weighted by Crippen LogP contribution is -2.19. The van der Waals surface area contributed by atoms with Crippen molar-refractivity contribution in [2.75, 3.05) is 0 Å². The highest BCUT2D eigenvalue weighted by molar-refractivity contribution is 9.25. The van der Waals surface area contributed by atoms with E-state index in [4.69, 9.17) is 0 Å². The van der Waals surface area contributed by atoms with Gasteiger partial charge in [-0.1, -0.05) is 58.5 Å². The first-order valence-corrected chi connectivity index (χ1v) is 6.50. The van der Waals surface area contributed by atoms with E-state index in [1.807, 2.05) is 0 Å². The molecule has 0 nitrogen and oxygen atoms in total. The predicted octanol–water partition coefficient (Wildman–Crippen LogP) is 4.32. The minimum absolute atomic E-state index is 0.289. The van der Waals surface area contributed by atoms with Gasteiger partial charge < -0.3 is 0 Å². The lowest BCUT2D eigenvalue weighted by molar-refractivity contribution is 0.252. The molecule has 0 N–H and O–H groups in total. The molecular weight excluding hydrogens is 280 g/mol. The van der Waals surface area contributed by atoms with Crippen LogP contribution in [0.25, 0.3) is 0 Å². The summed E-state index contributed by atoms with van der Waals surface area (Å²) in [7, 11) is 0. The van der Waals surface area contributed by atoms with E-state index in [1.54, 1.807) is 0 Å². The minimum Gasteiger partial charge on any atom is -0.0718 e. The normalized spacial score (nSPS) is 44.2. The first kappa shape index (κ1) is 9.51. The molecular formula is C10H16Br2. The summed E-state index contributed by atoms with van der Waals surface area (Å²) < 4.78 is 0.289. The Morgan fingerprint density at radius 2 is 1.92 bits per heavy atom. The van der Waals surface area contributed by atoms with Crippen molar-refractivity contribution in [2.24, 2.45) is 17.3 Å². The molecule has 0 aromatic carbocycles. The Morgan fingerprint density at radius 1 is 1.25 bits per heavy atom. The first-order chi connectivity index (χ1) is 5.53. The summed E-state index contributed by atoms with van der Waals surface area (Å²) in [4.78, 5) is 0. The van der Waals surface area contributed by atoms with E-state index in [2.05, 4.69) is 45.7 Å². The molecule has 0 bridgehead atoms. The number of rotatable bonds is 1. The lowest BCUT2D eigenvalue weighted by Gasteiger charge is -2.26. The maximum absolute atomic E-state index is 3.85. The van der Waals surface area contributed by atoms with E-state index in [-0.39, 0.29) is 3.23 Å². The van der Waals surface area contributed by atoms with Gasteiger partial charge >= 0.3 is 0 Å². The van der Waals surface area contributed by atoms with E-state index < -0.39 is 0 Å². The third-order valence-electron chi connectivity index (χ3n) is 3.96. The van der Waals surface area contributed by atoms with Crippen molar-refractivity contribution in [1.82, 2.24) is 0 Å². The molecule has 2 saturated carbocycles. The summed E-state index contributed by atoms with van der Waals surface area (Å²) >= 11 is 7.71. The topological polar surface area (TPSA) is 0 Å². The van der Waals surface area contributed by atoms with E-state index in [0.29, 0.717) is 5.41 Å². The van der Waals surface area contributed by atoms with E-state index >= 15 is 0 Å². The Hall–Kier alpha value is 0.960. The summed E-state index contributed by atoms with van der Waals surface area (Å²) in [5, 5.41) is 0. The molecule has 0 aliphatic heterocycles. The van der Waals surface area contributed by atoms with Crippen LogP contribution < -0.4 is 0 Å². The average Bonchev–Trinajstić information content (AvgIpc) is 2.52. The second-order valence-electron chi connectivity index (χ2n) is 4.62. The maximum atomic E-state index is 3.85. The van der Waals surface area contributed by atoms with Crippen LogP contribution >= 0.6 is 31.9 Å². The van der Waals surface area contributed by atoms with Crippen molar-refractivity contribution < 1.29 is 0 Å². The molecule has 0 heterocycles. The highest BCUT2D eigenvalue weighted by Crippen LogP contribution is 2.79. The van der Waals surface area contributed by atoms with Crippen LogP contribution in [0.3, 0.4) is 0 Å². The number of alkyl halides is 2. The molecule has 0 amide bonds. The molecule has 0 aromatic rings. The second-order valence-corrected chi connectivity index (χ2v) is 8.18. The largest absolute Gasteiger partial charge is 0.0901 e. The standard InChI is InChI=1S/C10H16Br2/c1-7(2)9-6-4-3-5-8(9)10(9,11)12/h7-8H,3-6H2,1-2H3/t8-,9-/m1/s1. The van der Waals surface area contributed by atoms with Gasteiger partial charge in [0.2, 0.25) is 0 Å². The van der Waals surface area contributed by atoms with Gasteiger partial charge in [-0.15, -0.1) is 0 Å². The van der Waals surface area contributed by atoms with Crippen molar-refractivity contribution in [3.05, 3.63) is 0 Å². The molecule has 0 aromatic heterocycles. The van der Waals surface area contributed by atoms with Crippen LogP contribution in [0.15, 0.2) is 0 Å². The molecule has 2 rings (SSSR count). The Bertz CT molecular complexity index is 198. The smallest absolute Gasteiger partial charge is 0.0718 e. The fourth-order valence-electron chi connectivity index (χ4n) is 3.18. The summed E-state index contributed by atoms with van der Waals surface area (Å²) in [6.45, 7) is 4.73. The van der Waals surface area contributed by atoms with Gasteiger partial charge in [0.05, 0.1) is 3.23 Å². The van der Waals surface area contributed by atoms with Gasteiger partial charge in [0.15, 0.2) is 0 Å². The number of halogens is 2. The fraction of sp³-hybridized carbons (Fsp3) is 1.00. The number of fused-ring (bicyclic) bond motifs is 1. The predicted molar refractivity (Wildman–Crippen MR) is 59.8 cm³/mol. The van der Waals surface area contributed by atoms with Crippen LogP contribution in [0.4, 0.5) is 0 Å². The zero-order chi connectivity index (χ0) is 8.98. The molecule has 0 spiro atoms. The van der Waals surface area contributed by atoms with Crippen LogP contribution in [0.5, 0.6) is 0 Å². The van der Waals surface area contributed by atoms with Crippen molar-refractivity contribution in [3.63, 3.8) is 0 Å². The third-order valence-corrected chi connectivity index (χ3v) is 6.54. The average molecular weight is 296 g/mol. The monoisotopic (exact) mass is 294 g/mol. The molecule has 2 aliphatic carbocycles. The number of hydrogen-bond acceptors (Lipinski definition) is 0. The van der Waals surface area contributed by atoms with E-state index in [9.17, 15) is 0 Å². The highest BCUT2D eigenvalue weighted by Gasteiger charge is 2.75. The summed E-state index contributed by atoms with van der Waals surface area (Å²) in [5.74, 6) is 1.69. The Labute approximate surface area is 91.7 Å². The highest BCUT2D eigenvalue weighted by atomic mass is 79.9. The zero-order valence-electron chi connectivity index (χ0n) is 7.74. The van der Waals surface area contributed by atoms with Crippen molar-refractivity contribution in [2.45, 2.75) is 42.8 Å². The molecule has 2 atom stereocenters. The second kappa shape index (κ2) is 2.73. The Kier molecular flexibility index (Phi) is 2.16. The zero-order valence-corrected chi connectivity index (χ0v) is 10.9. The van der Waals surface area contributed by atoms with Crippen LogP contribution in [0, 0.1) is 17.3 Å². The molecule has 0 radical (unpaired) electrons. The van der Waals surface area contributed by atoms with Crippen LogP contribution in [0.1, 0.15) is 39.5 Å². The van der Waals surface area contributed by atoms with Crippen molar-refractivity contribution >= 4 is 31.9 Å². The molecule has 12 heavy (non-hydrogen) atoms. The van der Waals surface area contributed by atoms with Gasteiger partial charge in [-0.2, -0.15) is 0 Å². The Morgan fingerprint density at radius 3 is 2.33 bits per heavy atom. The van der Waals surface area contributed by atoms with Gasteiger partial charge in [-0.25, -0.2) is 0 Å². The van der Waals surface area contributed by atoms with Crippen molar-refractivity contribution in [1.29, 1.82) is 0 Å². The SMILES string of the molecule is CC(C)[C@]12CCCC[C@H]1C2(Br)Br. The molecule has 2 aliphatic rings. The van der Waals surface area contributed by atoms with Gasteiger partial charge in [0, 0.05) is 5.41 Å². The van der Waals surface area contributed by atoms with Gasteiger partial charge in [-0.05, 0) is 24.7 Å². The Balaban J connectivity index is 2.24. The number of hydrogen-bond donors (Lipinski definition) is 0. The molecule has 2 fully saturated rings. The van der Waals surface area contributed by atoms with Crippen molar-refractivity contribution in [3.8, 4) is 0 Å². The summed E-state index contributed by atoms with van der Waals surface area (Å²) in [6.07, 6.45) is 5.67.